The van der Waals surface area contributed by atoms with Gasteiger partial charge in [-0.25, -0.2) is 9.37 Å². The Bertz CT molecular complexity index is 590. The van der Waals surface area contributed by atoms with Crippen LogP contribution >= 0.6 is 0 Å². The van der Waals surface area contributed by atoms with E-state index >= 15 is 0 Å². The highest BCUT2D eigenvalue weighted by molar-refractivity contribution is 5.47. The molecule has 0 fully saturated rings. The SMILES string of the molecule is C#CC(NCCC)(C(/C=C(/F)C=C)=C/C)c1cncn1C.CC. The van der Waals surface area contributed by atoms with Crippen LogP contribution in [0.5, 0.6) is 0 Å². The summed E-state index contributed by atoms with van der Waals surface area (Å²) in [5.41, 5.74) is 0.523. The lowest BCUT2D eigenvalue weighted by atomic mass is 9.86. The van der Waals surface area contributed by atoms with Gasteiger partial charge in [0, 0.05) is 7.05 Å². The van der Waals surface area contributed by atoms with Gasteiger partial charge in [-0.15, -0.1) is 6.42 Å². The quantitative estimate of drug-likeness (QED) is 0.601. The Morgan fingerprint density at radius 3 is 2.61 bits per heavy atom. The lowest BCUT2D eigenvalue weighted by Gasteiger charge is -2.31. The highest BCUT2D eigenvalue weighted by atomic mass is 19.1. The zero-order valence-corrected chi connectivity index (χ0v) is 14.9. The molecule has 0 amide bonds. The van der Waals surface area contributed by atoms with Gasteiger partial charge < -0.3 is 4.57 Å². The third-order valence-corrected chi connectivity index (χ3v) is 3.29. The first-order valence-corrected chi connectivity index (χ1v) is 7.91. The van der Waals surface area contributed by atoms with Crippen molar-refractivity contribution in [3.05, 3.63) is 54.4 Å². The number of imidazole rings is 1. The predicted molar refractivity (Wildman–Crippen MR) is 96.5 cm³/mol. The summed E-state index contributed by atoms with van der Waals surface area (Å²) in [6.45, 7) is 12.0. The molecule has 1 rings (SSSR count). The van der Waals surface area contributed by atoms with Crippen LogP contribution in [0.3, 0.4) is 0 Å². The minimum absolute atomic E-state index is 0.428. The molecule has 126 valence electrons. The van der Waals surface area contributed by atoms with Crippen LogP contribution in [0.4, 0.5) is 4.39 Å². The second kappa shape index (κ2) is 10.6. The first-order chi connectivity index (χ1) is 11.1. The molecule has 3 nitrogen and oxygen atoms in total. The zero-order chi connectivity index (χ0) is 17.9. The lowest BCUT2D eigenvalue weighted by molar-refractivity contribution is 0.475. The first-order valence-electron chi connectivity index (χ1n) is 7.91. The summed E-state index contributed by atoms with van der Waals surface area (Å²) in [7, 11) is 1.86. The van der Waals surface area contributed by atoms with Crippen molar-refractivity contribution < 1.29 is 4.39 Å². The van der Waals surface area contributed by atoms with Crippen LogP contribution in [-0.2, 0) is 12.6 Å². The number of terminal acetylenes is 1. The van der Waals surface area contributed by atoms with E-state index in [1.807, 2.05) is 39.3 Å². The standard InChI is InChI=1S/C17H22FN3.C2H6/c1-6-10-20-17(9-4,16-12-19-13-21(16)5)14(7-2)11-15(18)8-3;1-2/h4,7-8,11-13,20H,3,6,10H2,1-2,5H3;1-2H3/b14-7+,15-11+;. The number of hydrogen-bond acceptors (Lipinski definition) is 2. The highest BCUT2D eigenvalue weighted by Gasteiger charge is 2.35. The molecule has 1 N–H and O–H groups in total. The van der Waals surface area contributed by atoms with E-state index in [4.69, 9.17) is 6.42 Å². The minimum atomic E-state index is -0.920. The van der Waals surface area contributed by atoms with Crippen molar-refractivity contribution in [2.45, 2.75) is 39.7 Å². The van der Waals surface area contributed by atoms with E-state index in [9.17, 15) is 4.39 Å². The van der Waals surface area contributed by atoms with Crippen molar-refractivity contribution in [2.75, 3.05) is 6.54 Å². The summed E-state index contributed by atoms with van der Waals surface area (Å²) in [5, 5.41) is 3.35. The molecule has 4 heteroatoms. The fourth-order valence-corrected chi connectivity index (χ4v) is 2.20. The number of rotatable bonds is 7. The zero-order valence-electron chi connectivity index (χ0n) is 14.9. The van der Waals surface area contributed by atoms with E-state index in [-0.39, 0.29) is 0 Å². The number of nitrogens with zero attached hydrogens (tertiary/aromatic N) is 2. The van der Waals surface area contributed by atoms with Crippen LogP contribution in [0.2, 0.25) is 0 Å². The van der Waals surface area contributed by atoms with Crippen molar-refractivity contribution in [1.82, 2.24) is 14.9 Å². The minimum Gasteiger partial charge on any atom is -0.335 e. The summed E-state index contributed by atoms with van der Waals surface area (Å²) in [6, 6.07) is 0. The smallest absolute Gasteiger partial charge is 0.147 e. The lowest BCUT2D eigenvalue weighted by Crippen LogP contribution is -2.44. The molecule has 1 aromatic rings. The Kier molecular flexibility index (Phi) is 9.60. The van der Waals surface area contributed by atoms with E-state index < -0.39 is 11.4 Å². The summed E-state index contributed by atoms with van der Waals surface area (Å²) in [4.78, 5) is 4.13. The molecule has 0 aromatic carbocycles. The largest absolute Gasteiger partial charge is 0.335 e. The maximum Gasteiger partial charge on any atom is 0.147 e. The fourth-order valence-electron chi connectivity index (χ4n) is 2.20. The van der Waals surface area contributed by atoms with Gasteiger partial charge in [-0.1, -0.05) is 39.3 Å². The number of allylic oxidation sites excluding steroid dienone is 3. The van der Waals surface area contributed by atoms with E-state index in [0.717, 1.165) is 18.2 Å². The number of halogens is 1. The van der Waals surface area contributed by atoms with Crippen molar-refractivity contribution >= 4 is 0 Å². The molecule has 0 spiro atoms. The van der Waals surface area contributed by atoms with Crippen LogP contribution in [0, 0.1) is 12.3 Å². The van der Waals surface area contributed by atoms with Gasteiger partial charge in [-0.2, -0.15) is 0 Å². The number of aryl methyl sites for hydroxylation is 1. The number of hydrogen-bond donors (Lipinski definition) is 1. The molecule has 1 unspecified atom stereocenters. The molecule has 1 aromatic heterocycles. The molecule has 0 radical (unpaired) electrons. The Labute approximate surface area is 140 Å². The molecule has 0 saturated carbocycles. The van der Waals surface area contributed by atoms with Gasteiger partial charge in [0.05, 0.1) is 18.2 Å². The number of aromatic nitrogens is 2. The van der Waals surface area contributed by atoms with Crippen LogP contribution < -0.4 is 5.32 Å². The van der Waals surface area contributed by atoms with Crippen molar-refractivity contribution in [1.29, 1.82) is 0 Å². The molecule has 1 heterocycles. The summed E-state index contributed by atoms with van der Waals surface area (Å²) in [6.07, 6.45) is 14.5. The number of nitrogens with one attached hydrogen (secondary N) is 1. The van der Waals surface area contributed by atoms with Gasteiger partial charge >= 0.3 is 0 Å². The van der Waals surface area contributed by atoms with Crippen molar-refractivity contribution in [3.63, 3.8) is 0 Å². The van der Waals surface area contributed by atoms with Crippen LogP contribution in [0.25, 0.3) is 0 Å². The van der Waals surface area contributed by atoms with Crippen LogP contribution in [-0.4, -0.2) is 16.1 Å². The average molecular weight is 317 g/mol. The van der Waals surface area contributed by atoms with E-state index in [1.165, 1.54) is 6.08 Å². The summed E-state index contributed by atoms with van der Waals surface area (Å²) >= 11 is 0. The molecule has 0 aliphatic heterocycles. The summed E-state index contributed by atoms with van der Waals surface area (Å²) in [5.74, 6) is 2.36. The van der Waals surface area contributed by atoms with Gasteiger partial charge in [0.15, 0.2) is 0 Å². The average Bonchev–Trinajstić information content (AvgIpc) is 3.02. The molecule has 0 bridgehead atoms. The van der Waals surface area contributed by atoms with Crippen LogP contribution in [0.15, 0.2) is 48.7 Å². The topological polar surface area (TPSA) is 29.9 Å². The Morgan fingerprint density at radius 1 is 1.57 bits per heavy atom. The van der Waals surface area contributed by atoms with Crippen molar-refractivity contribution in [3.8, 4) is 12.3 Å². The third-order valence-electron chi connectivity index (χ3n) is 3.29. The van der Waals surface area contributed by atoms with E-state index in [1.54, 1.807) is 18.6 Å². The maximum atomic E-state index is 13.7. The molecule has 1 atom stereocenters. The second-order valence-corrected chi connectivity index (χ2v) is 4.69. The van der Waals surface area contributed by atoms with E-state index in [0.29, 0.717) is 12.1 Å². The van der Waals surface area contributed by atoms with Crippen molar-refractivity contribution in [2.24, 2.45) is 7.05 Å². The molecular weight excluding hydrogens is 289 g/mol. The van der Waals surface area contributed by atoms with Gasteiger partial charge in [0.2, 0.25) is 0 Å². The second-order valence-electron chi connectivity index (χ2n) is 4.69. The molecule has 0 saturated heterocycles. The monoisotopic (exact) mass is 317 g/mol. The van der Waals surface area contributed by atoms with Gasteiger partial charge in [-0.3, -0.25) is 5.32 Å². The first kappa shape index (κ1) is 20.9. The molecule has 23 heavy (non-hydrogen) atoms. The van der Waals surface area contributed by atoms with Gasteiger partial charge in [-0.05, 0) is 37.6 Å². The predicted octanol–water partition coefficient (Wildman–Crippen LogP) is 4.26. The van der Waals surface area contributed by atoms with Gasteiger partial charge in [0.25, 0.3) is 0 Å². The highest BCUT2D eigenvalue weighted by Crippen LogP contribution is 2.30. The van der Waals surface area contributed by atoms with Crippen LogP contribution in [0.1, 0.15) is 39.8 Å². The maximum absolute atomic E-state index is 13.7. The fraction of sp³-hybridized carbons (Fsp3) is 0.421. The third kappa shape index (κ3) is 4.94. The molecule has 0 aliphatic carbocycles. The Balaban J connectivity index is 0.00000232. The molecular formula is C19H28FN3. The van der Waals surface area contributed by atoms with Gasteiger partial charge in [0.1, 0.15) is 11.4 Å². The molecule has 0 aliphatic rings. The Hall–Kier alpha value is -2.12. The summed E-state index contributed by atoms with van der Waals surface area (Å²) < 4.78 is 15.5. The van der Waals surface area contributed by atoms with E-state index in [2.05, 4.69) is 22.8 Å². The Morgan fingerprint density at radius 2 is 2.22 bits per heavy atom. The normalized spacial score (nSPS) is 14.3.